The number of azide groups is 1. The van der Waals surface area contributed by atoms with Gasteiger partial charge in [0.2, 0.25) is 0 Å². The van der Waals surface area contributed by atoms with Gasteiger partial charge < -0.3 is 4.74 Å². The number of aryl methyl sites for hydroxylation is 1. The third-order valence-corrected chi connectivity index (χ3v) is 2.99. The van der Waals surface area contributed by atoms with Gasteiger partial charge >= 0.3 is 5.97 Å². The Labute approximate surface area is 116 Å². The number of ether oxygens (including phenoxy) is 1. The molecule has 0 N–H and O–H groups in total. The van der Waals surface area contributed by atoms with Gasteiger partial charge in [-0.2, -0.15) is 0 Å². The predicted octanol–water partition coefficient (Wildman–Crippen LogP) is 3.92. The van der Waals surface area contributed by atoms with Gasteiger partial charge in [-0.3, -0.25) is 4.98 Å². The lowest BCUT2D eigenvalue weighted by Gasteiger charge is -2.08. The van der Waals surface area contributed by atoms with Crippen molar-refractivity contribution in [2.75, 3.05) is 7.11 Å². The van der Waals surface area contributed by atoms with Crippen LogP contribution in [0.5, 0.6) is 0 Å². The number of pyridine rings is 1. The molecule has 0 aliphatic heterocycles. The van der Waals surface area contributed by atoms with Crippen LogP contribution in [0.25, 0.3) is 21.3 Å². The van der Waals surface area contributed by atoms with E-state index in [-0.39, 0.29) is 11.3 Å². The van der Waals surface area contributed by atoms with E-state index in [0.717, 1.165) is 18.4 Å². The van der Waals surface area contributed by atoms with E-state index in [4.69, 9.17) is 5.53 Å². The Morgan fingerprint density at radius 3 is 2.95 bits per heavy atom. The van der Waals surface area contributed by atoms with Crippen molar-refractivity contribution in [2.24, 2.45) is 5.11 Å². The molecule has 0 spiro atoms. The number of hydrogen-bond acceptors (Lipinski definition) is 4. The van der Waals surface area contributed by atoms with Crippen LogP contribution in [0, 0.1) is 0 Å². The first-order valence-corrected chi connectivity index (χ1v) is 6.26. The van der Waals surface area contributed by atoms with Gasteiger partial charge in [-0.1, -0.05) is 24.5 Å². The molecule has 2 rings (SSSR count). The van der Waals surface area contributed by atoms with Crippen LogP contribution in [0.4, 0.5) is 5.69 Å². The Bertz CT molecular complexity index is 706. The van der Waals surface area contributed by atoms with Gasteiger partial charge in [0.25, 0.3) is 0 Å². The Morgan fingerprint density at radius 2 is 2.30 bits per heavy atom. The maximum Gasteiger partial charge on any atom is 0.339 e. The molecule has 0 aliphatic rings. The lowest BCUT2D eigenvalue weighted by molar-refractivity contribution is 0.0601. The van der Waals surface area contributed by atoms with Crippen LogP contribution in [0.1, 0.15) is 29.3 Å². The number of hydrogen-bond donors (Lipinski definition) is 0. The topological polar surface area (TPSA) is 88.0 Å². The SMILES string of the molecule is CCCc1ccc2ncc(C(=O)OC)c(N=[N+]=[N-])c2c1. The minimum atomic E-state index is -0.567. The van der Waals surface area contributed by atoms with E-state index in [1.165, 1.54) is 13.3 Å². The Morgan fingerprint density at radius 1 is 1.50 bits per heavy atom. The lowest BCUT2D eigenvalue weighted by Crippen LogP contribution is -2.02. The molecule has 0 aliphatic carbocycles. The van der Waals surface area contributed by atoms with Crippen LogP contribution in [0.15, 0.2) is 29.5 Å². The molecule has 0 amide bonds. The van der Waals surface area contributed by atoms with Gasteiger partial charge in [-0.15, -0.1) is 0 Å². The summed E-state index contributed by atoms with van der Waals surface area (Å²) in [7, 11) is 1.28. The van der Waals surface area contributed by atoms with Crippen LogP contribution in [-0.4, -0.2) is 18.1 Å². The number of esters is 1. The average Bonchev–Trinajstić information content (AvgIpc) is 2.47. The van der Waals surface area contributed by atoms with Crippen molar-refractivity contribution in [1.82, 2.24) is 4.98 Å². The van der Waals surface area contributed by atoms with Gasteiger partial charge in [0.05, 0.1) is 23.9 Å². The molecule has 0 bridgehead atoms. The number of carbonyl (C=O) groups is 1. The molecule has 0 unspecified atom stereocenters. The second-order valence-electron chi connectivity index (χ2n) is 4.30. The molecule has 20 heavy (non-hydrogen) atoms. The molecule has 0 saturated carbocycles. The van der Waals surface area contributed by atoms with E-state index in [0.29, 0.717) is 10.9 Å². The van der Waals surface area contributed by atoms with Crippen molar-refractivity contribution in [3.05, 3.63) is 46.0 Å². The summed E-state index contributed by atoms with van der Waals surface area (Å²) in [6, 6.07) is 5.75. The standard InChI is InChI=1S/C14H14N4O2/c1-3-4-9-5-6-12-10(7-9)13(17-18-15)11(8-16-12)14(19)20-2/h5-8H,3-4H2,1-2H3. The highest BCUT2D eigenvalue weighted by Crippen LogP contribution is 2.30. The molecule has 2 aromatic rings. The predicted molar refractivity (Wildman–Crippen MR) is 75.9 cm³/mol. The number of nitrogens with zero attached hydrogens (tertiary/aromatic N) is 4. The normalized spacial score (nSPS) is 10.1. The van der Waals surface area contributed by atoms with E-state index in [9.17, 15) is 4.79 Å². The Balaban J connectivity index is 2.74. The van der Waals surface area contributed by atoms with Gasteiger partial charge in [-0.25, -0.2) is 4.79 Å². The number of carbonyl (C=O) groups excluding carboxylic acids is 1. The van der Waals surface area contributed by atoms with Crippen molar-refractivity contribution in [2.45, 2.75) is 19.8 Å². The molecule has 1 aromatic carbocycles. The highest BCUT2D eigenvalue weighted by molar-refractivity contribution is 6.03. The van der Waals surface area contributed by atoms with Crippen LogP contribution >= 0.6 is 0 Å². The average molecular weight is 270 g/mol. The largest absolute Gasteiger partial charge is 0.465 e. The van der Waals surface area contributed by atoms with Crippen LogP contribution in [0.3, 0.4) is 0 Å². The maximum atomic E-state index is 11.7. The van der Waals surface area contributed by atoms with E-state index < -0.39 is 5.97 Å². The summed E-state index contributed by atoms with van der Waals surface area (Å²) in [5.74, 6) is -0.567. The van der Waals surface area contributed by atoms with Gasteiger partial charge in [-0.05, 0) is 29.6 Å². The van der Waals surface area contributed by atoms with Crippen LogP contribution in [0.2, 0.25) is 0 Å². The molecule has 0 saturated heterocycles. The first kappa shape index (κ1) is 13.8. The Hall–Kier alpha value is -2.59. The number of methoxy groups -OCH3 is 1. The molecule has 6 nitrogen and oxygen atoms in total. The van der Waals surface area contributed by atoms with Gasteiger partial charge in [0.1, 0.15) is 0 Å². The zero-order valence-electron chi connectivity index (χ0n) is 11.3. The van der Waals surface area contributed by atoms with Gasteiger partial charge in [0, 0.05) is 16.5 Å². The zero-order chi connectivity index (χ0) is 14.5. The van der Waals surface area contributed by atoms with Crippen molar-refractivity contribution >= 4 is 22.6 Å². The smallest absolute Gasteiger partial charge is 0.339 e. The summed E-state index contributed by atoms with van der Waals surface area (Å²) < 4.78 is 4.69. The monoisotopic (exact) mass is 270 g/mol. The molecular formula is C14H14N4O2. The quantitative estimate of drug-likeness (QED) is 0.365. The summed E-state index contributed by atoms with van der Waals surface area (Å²) >= 11 is 0. The highest BCUT2D eigenvalue weighted by atomic mass is 16.5. The number of fused-ring (bicyclic) bond motifs is 1. The number of rotatable bonds is 4. The molecule has 1 aromatic heterocycles. The van der Waals surface area contributed by atoms with E-state index >= 15 is 0 Å². The summed E-state index contributed by atoms with van der Waals surface area (Å²) in [5, 5.41) is 4.31. The highest BCUT2D eigenvalue weighted by Gasteiger charge is 2.15. The van der Waals surface area contributed by atoms with E-state index in [2.05, 4.69) is 26.7 Å². The lowest BCUT2D eigenvalue weighted by atomic mass is 10.0. The number of benzene rings is 1. The first-order valence-electron chi connectivity index (χ1n) is 6.26. The minimum absolute atomic E-state index is 0.173. The second-order valence-corrected chi connectivity index (χ2v) is 4.30. The van der Waals surface area contributed by atoms with E-state index in [1.807, 2.05) is 18.2 Å². The fraction of sp³-hybridized carbons (Fsp3) is 0.286. The first-order chi connectivity index (χ1) is 9.71. The van der Waals surface area contributed by atoms with E-state index in [1.54, 1.807) is 0 Å². The van der Waals surface area contributed by atoms with Crippen molar-refractivity contribution in [1.29, 1.82) is 0 Å². The summed E-state index contributed by atoms with van der Waals surface area (Å²) in [6.45, 7) is 2.08. The Kier molecular flexibility index (Phi) is 4.17. The molecule has 102 valence electrons. The maximum absolute atomic E-state index is 11.7. The van der Waals surface area contributed by atoms with Gasteiger partial charge in [0.15, 0.2) is 0 Å². The minimum Gasteiger partial charge on any atom is -0.465 e. The molecule has 0 radical (unpaired) electrons. The summed E-state index contributed by atoms with van der Waals surface area (Å²) in [6.07, 6.45) is 3.29. The summed E-state index contributed by atoms with van der Waals surface area (Å²) in [4.78, 5) is 18.7. The third-order valence-electron chi connectivity index (χ3n) is 2.99. The third kappa shape index (κ3) is 2.55. The second kappa shape index (κ2) is 6.04. The summed E-state index contributed by atoms with van der Waals surface area (Å²) in [5.41, 5.74) is 10.9. The fourth-order valence-electron chi connectivity index (χ4n) is 2.08. The van der Waals surface area contributed by atoms with Crippen LogP contribution < -0.4 is 0 Å². The van der Waals surface area contributed by atoms with Crippen molar-refractivity contribution < 1.29 is 9.53 Å². The van der Waals surface area contributed by atoms with Crippen molar-refractivity contribution in [3.63, 3.8) is 0 Å². The van der Waals surface area contributed by atoms with Crippen LogP contribution in [-0.2, 0) is 11.2 Å². The molecular weight excluding hydrogens is 256 g/mol. The molecule has 0 atom stereocenters. The molecule has 6 heteroatoms. The van der Waals surface area contributed by atoms with Crippen molar-refractivity contribution in [3.8, 4) is 0 Å². The number of aromatic nitrogens is 1. The zero-order valence-corrected chi connectivity index (χ0v) is 11.3. The molecule has 1 heterocycles. The fourth-order valence-corrected chi connectivity index (χ4v) is 2.08. The molecule has 0 fully saturated rings.